The molecule has 17 heavy (non-hydrogen) atoms. The van der Waals surface area contributed by atoms with Crippen LogP contribution in [0.15, 0.2) is 18.2 Å². The fourth-order valence-corrected chi connectivity index (χ4v) is 1.72. The van der Waals surface area contributed by atoms with E-state index in [0.29, 0.717) is 18.1 Å². The third-order valence-corrected chi connectivity index (χ3v) is 2.69. The first kappa shape index (κ1) is 13.5. The summed E-state index contributed by atoms with van der Waals surface area (Å²) in [5.41, 5.74) is 7.71. The predicted octanol–water partition coefficient (Wildman–Crippen LogP) is 1.79. The van der Waals surface area contributed by atoms with Gasteiger partial charge in [-0.15, -0.1) is 0 Å². The van der Waals surface area contributed by atoms with Crippen molar-refractivity contribution in [1.29, 1.82) is 0 Å². The van der Waals surface area contributed by atoms with Crippen LogP contribution in [0.4, 0.5) is 5.69 Å². The van der Waals surface area contributed by atoms with Crippen LogP contribution in [0.25, 0.3) is 0 Å². The Labute approximate surface area is 102 Å². The molecule has 0 radical (unpaired) electrons. The average molecular weight is 236 g/mol. The molecule has 1 unspecified atom stereocenters. The van der Waals surface area contributed by atoms with Gasteiger partial charge < -0.3 is 15.8 Å². The summed E-state index contributed by atoms with van der Waals surface area (Å²) < 4.78 is 5.07. The summed E-state index contributed by atoms with van der Waals surface area (Å²) in [4.78, 5) is 11.2. The lowest BCUT2D eigenvalue weighted by Crippen LogP contribution is -2.18. The molecule has 1 amide bonds. The molecule has 0 spiro atoms. The van der Waals surface area contributed by atoms with Crippen LogP contribution in [0.3, 0.4) is 0 Å². The molecule has 0 saturated heterocycles. The van der Waals surface area contributed by atoms with Gasteiger partial charge in [0.05, 0.1) is 6.61 Å². The molecule has 0 saturated carbocycles. The quantitative estimate of drug-likeness (QED) is 0.791. The van der Waals surface area contributed by atoms with Crippen molar-refractivity contribution < 1.29 is 9.53 Å². The van der Waals surface area contributed by atoms with E-state index in [1.807, 2.05) is 19.1 Å². The number of nitrogens with two attached hydrogens (primary N) is 1. The lowest BCUT2D eigenvalue weighted by molar-refractivity contribution is 0.1000. The highest BCUT2D eigenvalue weighted by molar-refractivity contribution is 5.95. The Balaban J connectivity index is 2.72. The minimum atomic E-state index is -0.393. The van der Waals surface area contributed by atoms with Crippen molar-refractivity contribution in [3.8, 4) is 0 Å². The molecule has 0 aliphatic rings. The summed E-state index contributed by atoms with van der Waals surface area (Å²) in [6.07, 6.45) is 0. The number of rotatable bonds is 6. The van der Waals surface area contributed by atoms with Gasteiger partial charge in [-0.3, -0.25) is 4.79 Å². The van der Waals surface area contributed by atoms with Gasteiger partial charge in [0.2, 0.25) is 5.91 Å². The van der Waals surface area contributed by atoms with Crippen molar-refractivity contribution in [2.24, 2.45) is 11.7 Å². The lowest BCUT2D eigenvalue weighted by atomic mass is 10.1. The van der Waals surface area contributed by atoms with Crippen molar-refractivity contribution in [1.82, 2.24) is 0 Å². The number of carbonyl (C=O) groups excluding carboxylic acids is 1. The molecule has 1 rings (SSSR count). The van der Waals surface area contributed by atoms with Crippen LogP contribution >= 0.6 is 0 Å². The van der Waals surface area contributed by atoms with Gasteiger partial charge in [-0.25, -0.2) is 0 Å². The molecule has 1 aromatic carbocycles. The number of amides is 1. The van der Waals surface area contributed by atoms with Gasteiger partial charge in [-0.2, -0.15) is 0 Å². The number of benzene rings is 1. The van der Waals surface area contributed by atoms with Gasteiger partial charge >= 0.3 is 0 Å². The summed E-state index contributed by atoms with van der Waals surface area (Å²) in [5, 5.41) is 3.30. The maximum Gasteiger partial charge on any atom is 0.249 e. The molecule has 1 aromatic rings. The predicted molar refractivity (Wildman–Crippen MR) is 69.2 cm³/mol. The molecule has 94 valence electrons. The Kier molecular flexibility index (Phi) is 4.97. The zero-order valence-corrected chi connectivity index (χ0v) is 10.6. The van der Waals surface area contributed by atoms with Crippen LogP contribution in [0.2, 0.25) is 0 Å². The van der Waals surface area contributed by atoms with Gasteiger partial charge in [0.15, 0.2) is 0 Å². The Bertz CT molecular complexity index is 391. The highest BCUT2D eigenvalue weighted by atomic mass is 16.5. The zero-order valence-electron chi connectivity index (χ0n) is 10.6. The third-order valence-electron chi connectivity index (χ3n) is 2.69. The van der Waals surface area contributed by atoms with Crippen molar-refractivity contribution in [2.45, 2.75) is 13.8 Å². The second-order valence-corrected chi connectivity index (χ2v) is 4.28. The molecule has 0 aliphatic carbocycles. The topological polar surface area (TPSA) is 64.3 Å². The number of ether oxygens (including phenoxy) is 1. The lowest BCUT2D eigenvalue weighted by Gasteiger charge is -2.15. The minimum absolute atomic E-state index is 0.393. The van der Waals surface area contributed by atoms with Gasteiger partial charge in [-0.05, 0) is 30.5 Å². The molecule has 4 nitrogen and oxygen atoms in total. The molecule has 0 heterocycles. The molecule has 4 heteroatoms. The second-order valence-electron chi connectivity index (χ2n) is 4.28. The van der Waals surface area contributed by atoms with Gasteiger partial charge in [0, 0.05) is 24.9 Å². The van der Waals surface area contributed by atoms with E-state index in [4.69, 9.17) is 10.5 Å². The Morgan fingerprint density at radius 3 is 2.82 bits per heavy atom. The van der Waals surface area contributed by atoms with Crippen LogP contribution < -0.4 is 11.1 Å². The minimum Gasteiger partial charge on any atom is -0.384 e. The highest BCUT2D eigenvalue weighted by Crippen LogP contribution is 2.18. The van der Waals surface area contributed by atoms with Crippen LogP contribution in [0.1, 0.15) is 22.8 Å². The smallest absolute Gasteiger partial charge is 0.249 e. The monoisotopic (exact) mass is 236 g/mol. The molecule has 0 bridgehead atoms. The van der Waals surface area contributed by atoms with Crippen molar-refractivity contribution in [3.63, 3.8) is 0 Å². The first-order valence-electron chi connectivity index (χ1n) is 5.68. The summed E-state index contributed by atoms with van der Waals surface area (Å²) >= 11 is 0. The van der Waals surface area contributed by atoms with Gasteiger partial charge in [0.1, 0.15) is 0 Å². The number of methoxy groups -OCH3 is 1. The van der Waals surface area contributed by atoms with Crippen molar-refractivity contribution >= 4 is 11.6 Å². The number of anilines is 1. The van der Waals surface area contributed by atoms with E-state index in [-0.39, 0.29) is 0 Å². The van der Waals surface area contributed by atoms with Crippen LogP contribution in [0.5, 0.6) is 0 Å². The molecule has 1 atom stereocenters. The average Bonchev–Trinajstić information content (AvgIpc) is 2.27. The van der Waals surface area contributed by atoms with E-state index in [1.54, 1.807) is 13.2 Å². The van der Waals surface area contributed by atoms with E-state index in [2.05, 4.69) is 12.2 Å². The van der Waals surface area contributed by atoms with Crippen LogP contribution in [-0.4, -0.2) is 26.2 Å². The van der Waals surface area contributed by atoms with Gasteiger partial charge in [-0.1, -0.05) is 13.0 Å². The highest BCUT2D eigenvalue weighted by Gasteiger charge is 2.09. The summed E-state index contributed by atoms with van der Waals surface area (Å²) in [6, 6.07) is 5.51. The molecule has 0 aliphatic heterocycles. The molecule has 0 aromatic heterocycles. The van der Waals surface area contributed by atoms with E-state index in [1.165, 1.54) is 0 Å². The van der Waals surface area contributed by atoms with E-state index in [0.717, 1.165) is 17.8 Å². The van der Waals surface area contributed by atoms with Crippen LogP contribution in [0, 0.1) is 12.8 Å². The number of carbonyl (C=O) groups is 1. The zero-order chi connectivity index (χ0) is 12.8. The number of nitrogens with one attached hydrogen (secondary N) is 1. The van der Waals surface area contributed by atoms with E-state index >= 15 is 0 Å². The first-order valence-corrected chi connectivity index (χ1v) is 5.68. The fourth-order valence-electron chi connectivity index (χ4n) is 1.72. The maximum absolute atomic E-state index is 11.2. The molecule has 3 N–H and O–H groups in total. The van der Waals surface area contributed by atoms with Crippen molar-refractivity contribution in [3.05, 3.63) is 29.3 Å². The Hall–Kier alpha value is -1.55. The maximum atomic E-state index is 11.2. The first-order chi connectivity index (χ1) is 8.06. The standard InChI is InChI=1S/C13H20N2O2/c1-9(8-17-3)7-15-12-6-4-5-11(10(12)2)13(14)16/h4-6,9,15H,7-8H2,1-3H3,(H2,14,16). The Morgan fingerprint density at radius 2 is 2.24 bits per heavy atom. The fraction of sp³-hybridized carbons (Fsp3) is 0.462. The van der Waals surface area contributed by atoms with Crippen molar-refractivity contribution in [2.75, 3.05) is 25.6 Å². The largest absolute Gasteiger partial charge is 0.384 e. The Morgan fingerprint density at radius 1 is 1.53 bits per heavy atom. The number of hydrogen-bond donors (Lipinski definition) is 2. The SMILES string of the molecule is COCC(C)CNc1cccc(C(N)=O)c1C. The summed E-state index contributed by atoms with van der Waals surface area (Å²) in [6.45, 7) is 5.51. The van der Waals surface area contributed by atoms with Crippen LogP contribution in [-0.2, 0) is 4.74 Å². The normalized spacial score (nSPS) is 12.2. The van der Waals surface area contributed by atoms with E-state index in [9.17, 15) is 4.79 Å². The van der Waals surface area contributed by atoms with E-state index < -0.39 is 5.91 Å². The third kappa shape index (κ3) is 3.75. The van der Waals surface area contributed by atoms with Gasteiger partial charge in [0.25, 0.3) is 0 Å². The number of primary amides is 1. The molecular formula is C13H20N2O2. The summed E-state index contributed by atoms with van der Waals surface area (Å²) in [7, 11) is 1.69. The molecular weight excluding hydrogens is 216 g/mol. The second kappa shape index (κ2) is 6.25. The number of hydrogen-bond acceptors (Lipinski definition) is 3. The summed E-state index contributed by atoms with van der Waals surface area (Å²) in [5.74, 6) is 0.0210. The molecule has 0 fully saturated rings.